The normalized spacial score (nSPS) is 25.8. The maximum absolute atomic E-state index is 14.0. The van der Waals surface area contributed by atoms with Crippen molar-refractivity contribution in [1.29, 1.82) is 0 Å². The van der Waals surface area contributed by atoms with Gasteiger partial charge in [-0.2, -0.15) is 0 Å². The molecular formula is C49H51N5O6. The quantitative estimate of drug-likeness (QED) is 0.232. The number of carbonyl (C=O) groups is 4. The van der Waals surface area contributed by atoms with Crippen molar-refractivity contribution < 1.29 is 29.0 Å². The first kappa shape index (κ1) is 37.2. The number of phenolic OH excluding ortho intramolecular Hbond substituents is 1. The van der Waals surface area contributed by atoms with Crippen LogP contribution in [-0.4, -0.2) is 89.9 Å². The van der Waals surface area contributed by atoms with Crippen LogP contribution in [0, 0.1) is 11.3 Å². The van der Waals surface area contributed by atoms with Crippen molar-refractivity contribution in [1.82, 2.24) is 15.1 Å². The van der Waals surface area contributed by atoms with Crippen molar-refractivity contribution in [2.45, 2.75) is 81.8 Å². The van der Waals surface area contributed by atoms with E-state index < -0.39 is 11.9 Å². The predicted molar refractivity (Wildman–Crippen MR) is 226 cm³/mol. The van der Waals surface area contributed by atoms with E-state index in [0.717, 1.165) is 62.9 Å². The standard InChI is InChI=1S/C49H51N5O6/c55-36-11-13-38-32(24-36)8-12-37(30-4-2-1-3-5-30)44(38)31-6-9-34(10-7-31)51-20-18-49(19-21-51)25-33(26-49)47(58)52-22-23-53-35(27-52)29-60-45-40-28-54(42-16-17-43(56)50-46(42)57)48(59)39(40)14-15-41(45)53/h1-7,9-11,13-15,24,33,35,37,42,44,55H,8,12,16-23,25-29H2,(H,50,56,57)/t35-,37-,42?,44+/m1/s1. The van der Waals surface area contributed by atoms with Gasteiger partial charge in [0.25, 0.3) is 5.91 Å². The summed E-state index contributed by atoms with van der Waals surface area (Å²) >= 11 is 0. The van der Waals surface area contributed by atoms with E-state index in [2.05, 4.69) is 80.7 Å². The molecule has 0 radical (unpaired) electrons. The first-order valence-electron chi connectivity index (χ1n) is 21.9. The number of piperidine rings is 2. The number of aryl methyl sites for hydroxylation is 1. The molecule has 0 aromatic heterocycles. The molecule has 1 saturated carbocycles. The van der Waals surface area contributed by atoms with Gasteiger partial charge in [0.1, 0.15) is 24.1 Å². The van der Waals surface area contributed by atoms with Gasteiger partial charge < -0.3 is 29.4 Å². The minimum atomic E-state index is -0.668. The average Bonchev–Trinajstić information content (AvgIpc) is 3.60. The van der Waals surface area contributed by atoms with Crippen molar-refractivity contribution in [3.05, 3.63) is 118 Å². The molecule has 3 saturated heterocycles. The molecule has 11 heteroatoms. The van der Waals surface area contributed by atoms with E-state index >= 15 is 0 Å². The summed E-state index contributed by atoms with van der Waals surface area (Å²) in [5.41, 5.74) is 9.04. The fourth-order valence-corrected chi connectivity index (χ4v) is 11.9. The molecule has 5 heterocycles. The van der Waals surface area contributed by atoms with Gasteiger partial charge >= 0.3 is 0 Å². The van der Waals surface area contributed by atoms with E-state index in [1.165, 1.54) is 27.9 Å². The van der Waals surface area contributed by atoms with Gasteiger partial charge in [-0.15, -0.1) is 0 Å². The van der Waals surface area contributed by atoms with Crippen molar-refractivity contribution in [3.63, 3.8) is 0 Å². The lowest BCUT2D eigenvalue weighted by Crippen LogP contribution is -2.61. The van der Waals surface area contributed by atoms with Crippen LogP contribution in [0.2, 0.25) is 0 Å². The molecule has 11 rings (SSSR count). The summed E-state index contributed by atoms with van der Waals surface area (Å²) in [6.07, 6.45) is 6.67. The number of rotatable bonds is 5. The summed E-state index contributed by atoms with van der Waals surface area (Å²) in [7, 11) is 0. The molecule has 4 fully saturated rings. The molecule has 0 bridgehead atoms. The third-order valence-electron chi connectivity index (χ3n) is 15.1. The Hall–Kier alpha value is -5.84. The number of aromatic hydroxyl groups is 1. The number of benzene rings is 4. The van der Waals surface area contributed by atoms with Crippen LogP contribution in [-0.2, 0) is 27.3 Å². The lowest BCUT2D eigenvalue weighted by Gasteiger charge is -2.54. The number of ether oxygens (including phenoxy) is 1. The van der Waals surface area contributed by atoms with Crippen molar-refractivity contribution in [2.24, 2.45) is 11.3 Å². The van der Waals surface area contributed by atoms with E-state index in [0.29, 0.717) is 55.6 Å². The molecule has 2 aliphatic carbocycles. The summed E-state index contributed by atoms with van der Waals surface area (Å²) in [4.78, 5) is 60.1. The third-order valence-corrected chi connectivity index (χ3v) is 15.1. The molecule has 7 aliphatic rings. The van der Waals surface area contributed by atoms with Gasteiger partial charge in [0.15, 0.2) is 0 Å². The van der Waals surface area contributed by atoms with Crippen LogP contribution in [0.5, 0.6) is 11.5 Å². The molecule has 1 spiro atoms. The second kappa shape index (κ2) is 14.4. The summed E-state index contributed by atoms with van der Waals surface area (Å²) in [6, 6.07) is 29.2. The van der Waals surface area contributed by atoms with Gasteiger partial charge in [-0.3, -0.25) is 24.5 Å². The lowest BCUT2D eigenvalue weighted by atomic mass is 9.57. The Kier molecular flexibility index (Phi) is 8.93. The highest BCUT2D eigenvalue weighted by molar-refractivity contribution is 6.06. The van der Waals surface area contributed by atoms with Gasteiger partial charge in [0.2, 0.25) is 17.7 Å². The fraction of sp³-hybridized carbons (Fsp3) is 0.429. The lowest BCUT2D eigenvalue weighted by molar-refractivity contribution is -0.145. The van der Waals surface area contributed by atoms with Gasteiger partial charge in [-0.05, 0) is 115 Å². The van der Waals surface area contributed by atoms with Gasteiger partial charge in [0, 0.05) is 67.8 Å². The van der Waals surface area contributed by atoms with Crippen molar-refractivity contribution in [3.8, 4) is 11.5 Å². The Balaban J connectivity index is 0.701. The van der Waals surface area contributed by atoms with Gasteiger partial charge in [-0.1, -0.05) is 48.5 Å². The minimum absolute atomic E-state index is 0.0331. The highest BCUT2D eigenvalue weighted by Gasteiger charge is 2.51. The van der Waals surface area contributed by atoms with Crippen LogP contribution < -0.4 is 19.9 Å². The zero-order valence-electron chi connectivity index (χ0n) is 33.9. The number of imide groups is 1. The first-order valence-corrected chi connectivity index (χ1v) is 21.9. The molecule has 4 aromatic carbocycles. The van der Waals surface area contributed by atoms with Gasteiger partial charge in [0.05, 0.1) is 18.3 Å². The SMILES string of the molecule is O=C1CCC(N2Cc3c(ccc4c3OC[C@H]3CN(C(=O)C5CC6(CCN(c7ccc([C@@H]8c9ccc(O)cc9CC[C@@H]8c8ccccc8)cc7)CC6)C5)CCN43)C2=O)C(=O)N1. The van der Waals surface area contributed by atoms with Crippen molar-refractivity contribution in [2.75, 3.05) is 49.1 Å². The molecule has 4 amide bonds. The second-order valence-electron chi connectivity index (χ2n) is 18.4. The maximum atomic E-state index is 14.0. The van der Waals surface area contributed by atoms with Gasteiger partial charge in [-0.25, -0.2) is 0 Å². The number of nitrogens with one attached hydrogen (secondary N) is 1. The molecule has 60 heavy (non-hydrogen) atoms. The number of piperazine rings is 1. The smallest absolute Gasteiger partial charge is 0.255 e. The average molecular weight is 806 g/mol. The molecule has 4 aromatic rings. The molecule has 11 nitrogen and oxygen atoms in total. The summed E-state index contributed by atoms with van der Waals surface area (Å²) in [5.74, 6) is 1.07. The number of carbonyl (C=O) groups excluding carboxylic acids is 4. The van der Waals surface area contributed by atoms with Crippen molar-refractivity contribution >= 4 is 35.0 Å². The zero-order chi connectivity index (χ0) is 40.7. The number of hydrogen-bond acceptors (Lipinski definition) is 8. The fourth-order valence-electron chi connectivity index (χ4n) is 11.9. The van der Waals surface area contributed by atoms with Crippen LogP contribution in [0.1, 0.15) is 95.0 Å². The summed E-state index contributed by atoms with van der Waals surface area (Å²) in [5, 5.41) is 12.6. The Labute approximate surface area is 350 Å². The summed E-state index contributed by atoms with van der Waals surface area (Å²) < 4.78 is 6.38. The van der Waals surface area contributed by atoms with Crippen LogP contribution in [0.3, 0.4) is 0 Å². The molecular weight excluding hydrogens is 755 g/mol. The Morgan fingerprint density at radius 3 is 2.40 bits per heavy atom. The van der Waals surface area contributed by atoms with Crippen LogP contribution >= 0.6 is 0 Å². The third kappa shape index (κ3) is 6.22. The topological polar surface area (TPSA) is 123 Å². The Morgan fingerprint density at radius 2 is 1.62 bits per heavy atom. The zero-order valence-corrected chi connectivity index (χ0v) is 33.9. The van der Waals surface area contributed by atoms with E-state index in [4.69, 9.17) is 4.74 Å². The number of phenols is 1. The monoisotopic (exact) mass is 805 g/mol. The van der Waals surface area contributed by atoms with E-state index in [1.807, 2.05) is 24.3 Å². The molecule has 308 valence electrons. The number of hydrogen-bond donors (Lipinski definition) is 2. The predicted octanol–water partition coefficient (Wildman–Crippen LogP) is 6.12. The van der Waals surface area contributed by atoms with E-state index in [1.54, 1.807) is 4.90 Å². The molecule has 2 N–H and O–H groups in total. The molecule has 5 aliphatic heterocycles. The Morgan fingerprint density at radius 1 is 0.817 bits per heavy atom. The number of nitrogens with zero attached hydrogens (tertiary/aromatic N) is 4. The highest BCUT2D eigenvalue weighted by atomic mass is 16.5. The van der Waals surface area contributed by atoms with Crippen LogP contribution in [0.25, 0.3) is 0 Å². The largest absolute Gasteiger partial charge is 0.508 e. The molecule has 1 unspecified atom stereocenters. The van der Waals surface area contributed by atoms with E-state index in [9.17, 15) is 24.3 Å². The van der Waals surface area contributed by atoms with E-state index in [-0.39, 0.29) is 54.0 Å². The second-order valence-corrected chi connectivity index (χ2v) is 18.4. The number of fused-ring (bicyclic) bond motifs is 6. The van der Waals surface area contributed by atoms with Crippen LogP contribution in [0.4, 0.5) is 11.4 Å². The van der Waals surface area contributed by atoms with Crippen LogP contribution in [0.15, 0.2) is 84.9 Å². The number of anilines is 2. The minimum Gasteiger partial charge on any atom is -0.508 e. The first-order chi connectivity index (χ1) is 29.2. The number of amides is 4. The Bertz CT molecular complexity index is 2380. The molecule has 4 atom stereocenters. The highest BCUT2D eigenvalue weighted by Crippen LogP contribution is 2.54. The summed E-state index contributed by atoms with van der Waals surface area (Å²) in [6.45, 7) is 4.67. The maximum Gasteiger partial charge on any atom is 0.255 e.